The van der Waals surface area contributed by atoms with Crippen LogP contribution in [0.25, 0.3) is 0 Å². The van der Waals surface area contributed by atoms with Crippen molar-refractivity contribution in [2.24, 2.45) is 0 Å². The third kappa shape index (κ3) is 4.87. The van der Waals surface area contributed by atoms with Gasteiger partial charge in [0.25, 0.3) is 0 Å². The largest absolute Gasteiger partial charge is 0.497 e. The minimum atomic E-state index is 0.331. The zero-order chi connectivity index (χ0) is 15.1. The number of nitrogens with one attached hydrogen (secondary N) is 1. The van der Waals surface area contributed by atoms with Crippen molar-refractivity contribution in [1.82, 2.24) is 5.32 Å². The Morgan fingerprint density at radius 2 is 1.71 bits per heavy atom. The third-order valence-corrected chi connectivity index (χ3v) is 4.04. The predicted molar refractivity (Wildman–Crippen MR) is 91.9 cm³/mol. The van der Waals surface area contributed by atoms with Crippen molar-refractivity contribution in [1.29, 1.82) is 0 Å². The maximum absolute atomic E-state index is 5.24. The average molecular weight is 348 g/mol. The van der Waals surface area contributed by atoms with Crippen LogP contribution in [0.4, 0.5) is 0 Å². The molecular weight excluding hydrogens is 326 g/mol. The van der Waals surface area contributed by atoms with E-state index in [-0.39, 0.29) is 0 Å². The SMILES string of the molecule is CCCNC(Cc1ccc(Br)cc1)c1ccc(OC)cc1. The molecule has 0 fully saturated rings. The monoisotopic (exact) mass is 347 g/mol. The Balaban J connectivity index is 2.14. The lowest BCUT2D eigenvalue weighted by molar-refractivity contribution is 0.414. The van der Waals surface area contributed by atoms with Gasteiger partial charge in [0.05, 0.1) is 7.11 Å². The molecule has 2 aromatic carbocycles. The molecule has 0 spiro atoms. The van der Waals surface area contributed by atoms with Gasteiger partial charge in [0.2, 0.25) is 0 Å². The van der Waals surface area contributed by atoms with Gasteiger partial charge < -0.3 is 10.1 Å². The van der Waals surface area contributed by atoms with Crippen molar-refractivity contribution >= 4 is 15.9 Å². The second kappa shape index (κ2) is 8.20. The van der Waals surface area contributed by atoms with Crippen LogP contribution in [-0.2, 0) is 6.42 Å². The fourth-order valence-corrected chi connectivity index (χ4v) is 2.58. The number of benzene rings is 2. The van der Waals surface area contributed by atoms with Gasteiger partial charge in [0.15, 0.2) is 0 Å². The lowest BCUT2D eigenvalue weighted by Crippen LogP contribution is -2.24. The van der Waals surface area contributed by atoms with E-state index in [2.05, 4.69) is 64.6 Å². The quantitative estimate of drug-likeness (QED) is 0.780. The van der Waals surface area contributed by atoms with Crippen molar-refractivity contribution in [2.45, 2.75) is 25.8 Å². The molecule has 2 rings (SSSR count). The standard InChI is InChI=1S/C18H22BrNO/c1-3-12-20-18(13-14-4-8-16(19)9-5-14)15-6-10-17(21-2)11-7-15/h4-11,18,20H,3,12-13H2,1-2H3. The van der Waals surface area contributed by atoms with Crippen LogP contribution in [0, 0.1) is 0 Å². The highest BCUT2D eigenvalue weighted by molar-refractivity contribution is 9.10. The molecule has 3 heteroatoms. The Kier molecular flexibility index (Phi) is 6.27. The predicted octanol–water partition coefficient (Wildman–Crippen LogP) is 4.74. The van der Waals surface area contributed by atoms with Crippen molar-refractivity contribution in [3.8, 4) is 5.75 Å². The lowest BCUT2D eigenvalue weighted by atomic mass is 9.98. The summed E-state index contributed by atoms with van der Waals surface area (Å²) < 4.78 is 6.36. The highest BCUT2D eigenvalue weighted by Gasteiger charge is 2.11. The maximum atomic E-state index is 5.24. The first-order chi connectivity index (χ1) is 10.2. The summed E-state index contributed by atoms with van der Waals surface area (Å²) in [6.07, 6.45) is 2.12. The molecule has 0 aliphatic rings. The van der Waals surface area contributed by atoms with E-state index in [0.717, 1.165) is 29.6 Å². The van der Waals surface area contributed by atoms with E-state index in [4.69, 9.17) is 4.74 Å². The van der Waals surface area contributed by atoms with Crippen LogP contribution in [0.5, 0.6) is 5.75 Å². The zero-order valence-corrected chi connectivity index (χ0v) is 14.2. The van der Waals surface area contributed by atoms with Crippen LogP contribution in [0.15, 0.2) is 53.0 Å². The van der Waals surface area contributed by atoms with E-state index < -0.39 is 0 Å². The molecule has 0 amide bonds. The van der Waals surface area contributed by atoms with Crippen molar-refractivity contribution in [2.75, 3.05) is 13.7 Å². The van der Waals surface area contributed by atoms with Crippen molar-refractivity contribution in [3.63, 3.8) is 0 Å². The molecule has 21 heavy (non-hydrogen) atoms. The van der Waals surface area contributed by atoms with Gasteiger partial charge in [-0.1, -0.05) is 47.1 Å². The average Bonchev–Trinajstić information content (AvgIpc) is 2.53. The van der Waals surface area contributed by atoms with Crippen molar-refractivity contribution < 1.29 is 4.74 Å². The molecule has 1 unspecified atom stereocenters. The second-order valence-electron chi connectivity index (χ2n) is 5.11. The maximum Gasteiger partial charge on any atom is 0.118 e. The highest BCUT2D eigenvalue weighted by Crippen LogP contribution is 2.22. The van der Waals surface area contributed by atoms with E-state index in [1.165, 1.54) is 11.1 Å². The summed E-state index contributed by atoms with van der Waals surface area (Å²) in [5.74, 6) is 0.900. The second-order valence-corrected chi connectivity index (χ2v) is 6.03. The number of ether oxygens (including phenoxy) is 1. The molecule has 0 radical (unpaired) electrons. The first-order valence-electron chi connectivity index (χ1n) is 7.34. The Bertz CT molecular complexity index is 536. The van der Waals surface area contributed by atoms with Gasteiger partial charge in [-0.15, -0.1) is 0 Å². The minimum absolute atomic E-state index is 0.331. The highest BCUT2D eigenvalue weighted by atomic mass is 79.9. The van der Waals surface area contributed by atoms with Gasteiger partial charge in [-0.05, 0) is 54.8 Å². The van der Waals surface area contributed by atoms with Crippen LogP contribution in [0.2, 0.25) is 0 Å². The van der Waals surface area contributed by atoms with Gasteiger partial charge in [-0.25, -0.2) is 0 Å². The molecule has 0 aliphatic heterocycles. The van der Waals surface area contributed by atoms with Gasteiger partial charge in [-0.3, -0.25) is 0 Å². The molecular formula is C18H22BrNO. The van der Waals surface area contributed by atoms with E-state index >= 15 is 0 Å². The number of halogens is 1. The van der Waals surface area contributed by atoms with Crippen molar-refractivity contribution in [3.05, 3.63) is 64.1 Å². The van der Waals surface area contributed by atoms with Crippen LogP contribution >= 0.6 is 15.9 Å². The first kappa shape index (κ1) is 16.1. The Hall–Kier alpha value is -1.32. The van der Waals surface area contributed by atoms with Crippen LogP contribution in [0.1, 0.15) is 30.5 Å². The molecule has 2 aromatic rings. The number of hydrogen-bond donors (Lipinski definition) is 1. The smallest absolute Gasteiger partial charge is 0.118 e. The summed E-state index contributed by atoms with van der Waals surface area (Å²) in [6.45, 7) is 3.21. The molecule has 1 N–H and O–H groups in total. The number of hydrogen-bond acceptors (Lipinski definition) is 2. The van der Waals surface area contributed by atoms with Gasteiger partial charge in [-0.2, -0.15) is 0 Å². The molecule has 0 heterocycles. The summed E-state index contributed by atoms with van der Waals surface area (Å²) >= 11 is 3.48. The summed E-state index contributed by atoms with van der Waals surface area (Å²) in [7, 11) is 1.70. The lowest BCUT2D eigenvalue weighted by Gasteiger charge is -2.19. The Labute approximate surface area is 135 Å². The molecule has 2 nitrogen and oxygen atoms in total. The Morgan fingerprint density at radius 3 is 2.29 bits per heavy atom. The van der Waals surface area contributed by atoms with E-state index in [1.54, 1.807) is 7.11 Å². The topological polar surface area (TPSA) is 21.3 Å². The van der Waals surface area contributed by atoms with Crippen LogP contribution < -0.4 is 10.1 Å². The zero-order valence-electron chi connectivity index (χ0n) is 12.6. The molecule has 0 saturated carbocycles. The summed E-state index contributed by atoms with van der Waals surface area (Å²) in [6, 6.07) is 17.2. The van der Waals surface area contributed by atoms with Crippen LogP contribution in [0.3, 0.4) is 0 Å². The minimum Gasteiger partial charge on any atom is -0.497 e. The molecule has 0 aliphatic carbocycles. The molecule has 0 bridgehead atoms. The fraction of sp³-hybridized carbons (Fsp3) is 0.333. The van der Waals surface area contributed by atoms with E-state index in [9.17, 15) is 0 Å². The molecule has 0 saturated heterocycles. The normalized spacial score (nSPS) is 12.1. The van der Waals surface area contributed by atoms with Gasteiger partial charge >= 0.3 is 0 Å². The Morgan fingerprint density at radius 1 is 1.05 bits per heavy atom. The van der Waals surface area contributed by atoms with Gasteiger partial charge in [0, 0.05) is 10.5 Å². The van der Waals surface area contributed by atoms with E-state index in [0.29, 0.717) is 6.04 Å². The fourth-order valence-electron chi connectivity index (χ4n) is 2.32. The molecule has 0 aromatic heterocycles. The number of rotatable bonds is 7. The molecule has 1 atom stereocenters. The van der Waals surface area contributed by atoms with Gasteiger partial charge in [0.1, 0.15) is 5.75 Å². The summed E-state index contributed by atoms with van der Waals surface area (Å²) in [5, 5.41) is 3.63. The molecule has 112 valence electrons. The summed E-state index contributed by atoms with van der Waals surface area (Å²) in [4.78, 5) is 0. The van der Waals surface area contributed by atoms with Crippen LogP contribution in [-0.4, -0.2) is 13.7 Å². The first-order valence-corrected chi connectivity index (χ1v) is 8.14. The number of methoxy groups -OCH3 is 1. The van der Waals surface area contributed by atoms with E-state index in [1.807, 2.05) is 12.1 Å². The third-order valence-electron chi connectivity index (χ3n) is 3.51. The summed E-state index contributed by atoms with van der Waals surface area (Å²) in [5.41, 5.74) is 2.63.